The van der Waals surface area contributed by atoms with Gasteiger partial charge in [-0.1, -0.05) is 19.0 Å². The maximum Gasteiger partial charge on any atom is 0.244 e. The van der Waals surface area contributed by atoms with Gasteiger partial charge in [-0.05, 0) is 32.1 Å². The van der Waals surface area contributed by atoms with Gasteiger partial charge in [0.1, 0.15) is 12.7 Å². The summed E-state index contributed by atoms with van der Waals surface area (Å²) >= 11 is 0. The molecule has 8 heteroatoms. The van der Waals surface area contributed by atoms with E-state index in [-0.39, 0.29) is 12.0 Å². The Morgan fingerprint density at radius 1 is 1.28 bits per heavy atom. The highest BCUT2D eigenvalue weighted by atomic mass is 16.5. The van der Waals surface area contributed by atoms with Crippen LogP contribution in [0.1, 0.15) is 63.7 Å². The normalized spacial score (nSPS) is 18.6. The molecule has 25 heavy (non-hydrogen) atoms. The van der Waals surface area contributed by atoms with Crippen LogP contribution in [0.5, 0.6) is 0 Å². The minimum Gasteiger partial charge on any atom is -0.381 e. The van der Waals surface area contributed by atoms with Crippen LogP contribution in [0, 0.1) is 5.92 Å². The van der Waals surface area contributed by atoms with Crippen molar-refractivity contribution >= 4 is 0 Å². The molecule has 138 valence electrons. The second-order valence-electron chi connectivity index (χ2n) is 7.09. The van der Waals surface area contributed by atoms with E-state index in [1.54, 1.807) is 12.7 Å². The fourth-order valence-corrected chi connectivity index (χ4v) is 3.13. The highest BCUT2D eigenvalue weighted by Crippen LogP contribution is 2.30. The molecule has 1 saturated heterocycles. The largest absolute Gasteiger partial charge is 0.381 e. The van der Waals surface area contributed by atoms with Crippen molar-refractivity contribution in [2.24, 2.45) is 5.92 Å². The highest BCUT2D eigenvalue weighted by Gasteiger charge is 2.31. The van der Waals surface area contributed by atoms with Gasteiger partial charge in [0.05, 0.1) is 6.04 Å². The van der Waals surface area contributed by atoms with E-state index in [9.17, 15) is 0 Å². The zero-order chi connectivity index (χ0) is 17.6. The summed E-state index contributed by atoms with van der Waals surface area (Å²) in [5.74, 6) is 2.17. The molecule has 0 amide bonds. The molecule has 0 saturated carbocycles. The van der Waals surface area contributed by atoms with Crippen molar-refractivity contribution in [1.82, 2.24) is 30.2 Å². The minimum atomic E-state index is 0.0645. The molecule has 0 aliphatic carbocycles. The molecule has 1 N–H and O–H groups in total. The molecule has 0 bridgehead atoms. The third-order valence-electron chi connectivity index (χ3n) is 4.70. The quantitative estimate of drug-likeness (QED) is 0.783. The monoisotopic (exact) mass is 348 g/mol. The summed E-state index contributed by atoms with van der Waals surface area (Å²) in [6, 6.07) is 0.362. The minimum absolute atomic E-state index is 0.0645. The van der Waals surface area contributed by atoms with Crippen molar-refractivity contribution in [2.45, 2.75) is 64.6 Å². The SMILES string of the molecule is CC(C)c1noc([C@@H](N[C@H](C)CCn2cncn2)C2CCOCC2)n1. The molecule has 0 spiro atoms. The zero-order valence-electron chi connectivity index (χ0n) is 15.3. The third-order valence-corrected chi connectivity index (χ3v) is 4.70. The Morgan fingerprint density at radius 3 is 2.72 bits per heavy atom. The third kappa shape index (κ3) is 4.85. The number of ether oxygens (including phenoxy) is 1. The Bertz CT molecular complexity index is 621. The molecule has 1 fully saturated rings. The lowest BCUT2D eigenvalue weighted by Gasteiger charge is -2.30. The first-order valence-corrected chi connectivity index (χ1v) is 9.13. The number of aromatic nitrogens is 5. The van der Waals surface area contributed by atoms with E-state index >= 15 is 0 Å². The Balaban J connectivity index is 1.66. The number of rotatable bonds is 8. The molecule has 3 heterocycles. The van der Waals surface area contributed by atoms with Crippen molar-refractivity contribution in [3.8, 4) is 0 Å². The maximum absolute atomic E-state index is 5.60. The van der Waals surface area contributed by atoms with Crippen molar-refractivity contribution in [3.05, 3.63) is 24.4 Å². The molecule has 8 nitrogen and oxygen atoms in total. The molecule has 0 aromatic carbocycles. The molecule has 1 aliphatic rings. The smallest absolute Gasteiger partial charge is 0.244 e. The average molecular weight is 348 g/mol. The first-order valence-electron chi connectivity index (χ1n) is 9.13. The Morgan fingerprint density at radius 2 is 2.08 bits per heavy atom. The lowest BCUT2D eigenvalue weighted by atomic mass is 9.91. The predicted molar refractivity (Wildman–Crippen MR) is 91.9 cm³/mol. The summed E-state index contributed by atoms with van der Waals surface area (Å²) < 4.78 is 13.0. The number of hydrogen-bond donors (Lipinski definition) is 1. The standard InChI is InChI=1S/C17H28N6O2/c1-12(2)16-21-17(25-22-16)15(14-5-8-24-9-6-14)20-13(3)4-7-23-11-18-10-19-23/h10-15,20H,4-9H2,1-3H3/t13-,15+/m1/s1. The molecule has 1 aliphatic heterocycles. The Hall–Kier alpha value is -1.80. The maximum atomic E-state index is 5.60. The molecular weight excluding hydrogens is 320 g/mol. The van der Waals surface area contributed by atoms with Crippen LogP contribution in [0.25, 0.3) is 0 Å². The number of nitrogens with zero attached hydrogens (tertiary/aromatic N) is 5. The number of hydrogen-bond acceptors (Lipinski definition) is 7. The first kappa shape index (κ1) is 18.0. The molecule has 2 atom stereocenters. The van der Waals surface area contributed by atoms with E-state index in [1.807, 2.05) is 4.68 Å². The van der Waals surface area contributed by atoms with Gasteiger partial charge in [0.25, 0.3) is 0 Å². The van der Waals surface area contributed by atoms with Gasteiger partial charge < -0.3 is 14.6 Å². The van der Waals surface area contributed by atoms with Gasteiger partial charge in [-0.15, -0.1) is 0 Å². The second-order valence-corrected chi connectivity index (χ2v) is 7.09. The topological polar surface area (TPSA) is 90.9 Å². The Labute approximate surface area is 148 Å². The van der Waals surface area contributed by atoms with Crippen LogP contribution in [0.4, 0.5) is 0 Å². The lowest BCUT2D eigenvalue weighted by Crippen LogP contribution is -2.38. The van der Waals surface area contributed by atoms with Gasteiger partial charge in [-0.25, -0.2) is 4.98 Å². The van der Waals surface area contributed by atoms with E-state index in [2.05, 4.69) is 46.3 Å². The molecule has 0 unspecified atom stereocenters. The van der Waals surface area contributed by atoms with Crippen LogP contribution in [0.15, 0.2) is 17.2 Å². The first-order chi connectivity index (χ1) is 12.1. The van der Waals surface area contributed by atoms with Crippen molar-refractivity contribution in [1.29, 1.82) is 0 Å². The van der Waals surface area contributed by atoms with Gasteiger partial charge in [0, 0.05) is 31.7 Å². The van der Waals surface area contributed by atoms with Gasteiger partial charge in [-0.2, -0.15) is 10.1 Å². The summed E-state index contributed by atoms with van der Waals surface area (Å²) in [5.41, 5.74) is 0. The van der Waals surface area contributed by atoms with E-state index in [1.165, 1.54) is 0 Å². The van der Waals surface area contributed by atoms with Crippen LogP contribution < -0.4 is 5.32 Å². The second kappa shape index (κ2) is 8.53. The lowest BCUT2D eigenvalue weighted by molar-refractivity contribution is 0.0468. The van der Waals surface area contributed by atoms with Crippen LogP contribution in [-0.4, -0.2) is 44.2 Å². The molecule has 0 radical (unpaired) electrons. The van der Waals surface area contributed by atoms with Crippen LogP contribution in [-0.2, 0) is 11.3 Å². The van der Waals surface area contributed by atoms with E-state index in [0.717, 1.165) is 44.8 Å². The summed E-state index contributed by atoms with van der Waals surface area (Å²) in [4.78, 5) is 8.63. The summed E-state index contributed by atoms with van der Waals surface area (Å²) in [6.07, 6.45) is 6.28. The zero-order valence-corrected chi connectivity index (χ0v) is 15.3. The van der Waals surface area contributed by atoms with Crippen LogP contribution >= 0.6 is 0 Å². The van der Waals surface area contributed by atoms with Crippen LogP contribution in [0.2, 0.25) is 0 Å². The average Bonchev–Trinajstić information content (AvgIpc) is 3.30. The molecular formula is C17H28N6O2. The van der Waals surface area contributed by atoms with Gasteiger partial charge >= 0.3 is 0 Å². The highest BCUT2D eigenvalue weighted by molar-refractivity contribution is 4.99. The number of aryl methyl sites for hydroxylation is 1. The van der Waals surface area contributed by atoms with Crippen molar-refractivity contribution in [2.75, 3.05) is 13.2 Å². The number of nitrogens with one attached hydrogen (secondary N) is 1. The van der Waals surface area contributed by atoms with E-state index < -0.39 is 0 Å². The predicted octanol–water partition coefficient (Wildman–Crippen LogP) is 2.32. The van der Waals surface area contributed by atoms with Crippen molar-refractivity contribution in [3.63, 3.8) is 0 Å². The fraction of sp³-hybridized carbons (Fsp3) is 0.765. The Kier molecular flexibility index (Phi) is 6.14. The van der Waals surface area contributed by atoms with Gasteiger partial charge in [-0.3, -0.25) is 4.68 Å². The van der Waals surface area contributed by atoms with E-state index in [4.69, 9.17) is 9.26 Å². The fourth-order valence-electron chi connectivity index (χ4n) is 3.13. The van der Waals surface area contributed by atoms with E-state index in [0.29, 0.717) is 17.9 Å². The molecule has 2 aromatic rings. The summed E-state index contributed by atoms with van der Waals surface area (Å²) in [7, 11) is 0. The van der Waals surface area contributed by atoms with Gasteiger partial charge in [0.15, 0.2) is 5.82 Å². The van der Waals surface area contributed by atoms with Gasteiger partial charge in [0.2, 0.25) is 5.89 Å². The molecule has 2 aromatic heterocycles. The summed E-state index contributed by atoms with van der Waals surface area (Å²) in [5, 5.41) is 12.0. The van der Waals surface area contributed by atoms with Crippen LogP contribution in [0.3, 0.4) is 0 Å². The molecule has 3 rings (SSSR count). The summed E-state index contributed by atoms with van der Waals surface area (Å²) in [6.45, 7) is 8.75. The van der Waals surface area contributed by atoms with Crippen molar-refractivity contribution < 1.29 is 9.26 Å².